The summed E-state index contributed by atoms with van der Waals surface area (Å²) in [5, 5.41) is 3.94. The average Bonchev–Trinajstić information content (AvgIpc) is 3.04. The summed E-state index contributed by atoms with van der Waals surface area (Å²) in [7, 11) is 1.66. The SMILES string of the molecule is COc1cccc2sc(N3CC(C(=O)Nc4ccc(SC)cc4)C3)nc12. The zero-order valence-electron chi connectivity index (χ0n) is 14.6. The van der Waals surface area contributed by atoms with E-state index in [1.807, 2.05) is 48.7 Å². The number of aromatic nitrogens is 1. The number of methoxy groups -OCH3 is 1. The summed E-state index contributed by atoms with van der Waals surface area (Å²) in [6, 6.07) is 13.9. The van der Waals surface area contributed by atoms with Crippen LogP contribution in [0, 0.1) is 5.92 Å². The van der Waals surface area contributed by atoms with E-state index >= 15 is 0 Å². The van der Waals surface area contributed by atoms with Gasteiger partial charge in [-0.05, 0) is 42.7 Å². The van der Waals surface area contributed by atoms with Crippen molar-refractivity contribution in [2.24, 2.45) is 5.92 Å². The van der Waals surface area contributed by atoms with E-state index in [2.05, 4.69) is 15.2 Å². The number of fused-ring (bicyclic) bond motifs is 1. The fraction of sp³-hybridized carbons (Fsp3) is 0.263. The van der Waals surface area contributed by atoms with Crippen molar-refractivity contribution in [2.45, 2.75) is 4.90 Å². The minimum absolute atomic E-state index is 0.0101. The Kier molecular flexibility index (Phi) is 4.74. The number of nitrogens with zero attached hydrogens (tertiary/aromatic N) is 2. The zero-order chi connectivity index (χ0) is 18.1. The molecule has 7 heteroatoms. The highest BCUT2D eigenvalue weighted by Gasteiger charge is 2.34. The quantitative estimate of drug-likeness (QED) is 0.670. The summed E-state index contributed by atoms with van der Waals surface area (Å²) >= 11 is 3.32. The highest BCUT2D eigenvalue weighted by atomic mass is 32.2. The lowest BCUT2D eigenvalue weighted by Gasteiger charge is -2.37. The molecule has 0 aliphatic carbocycles. The molecule has 26 heavy (non-hydrogen) atoms. The van der Waals surface area contributed by atoms with Gasteiger partial charge in [0.15, 0.2) is 5.13 Å². The van der Waals surface area contributed by atoms with E-state index in [-0.39, 0.29) is 11.8 Å². The molecule has 0 radical (unpaired) electrons. The van der Waals surface area contributed by atoms with Crippen LogP contribution < -0.4 is 15.0 Å². The molecule has 1 fully saturated rings. The van der Waals surface area contributed by atoms with Crippen LogP contribution in [0.4, 0.5) is 10.8 Å². The number of carbonyl (C=O) groups is 1. The molecule has 1 aliphatic heterocycles. The first-order chi connectivity index (χ1) is 12.7. The molecular formula is C19H19N3O2S2. The molecule has 134 valence electrons. The number of hydrogen-bond donors (Lipinski definition) is 1. The van der Waals surface area contributed by atoms with Crippen molar-refractivity contribution in [3.63, 3.8) is 0 Å². The van der Waals surface area contributed by atoms with E-state index in [9.17, 15) is 4.79 Å². The normalized spacial score (nSPS) is 14.3. The highest BCUT2D eigenvalue weighted by molar-refractivity contribution is 7.98. The van der Waals surface area contributed by atoms with Crippen molar-refractivity contribution in [2.75, 3.05) is 36.7 Å². The number of ether oxygens (including phenoxy) is 1. The largest absolute Gasteiger partial charge is 0.494 e. The van der Waals surface area contributed by atoms with E-state index in [1.54, 1.807) is 30.2 Å². The molecule has 4 rings (SSSR count). The average molecular weight is 386 g/mol. The predicted molar refractivity (Wildman–Crippen MR) is 109 cm³/mol. The van der Waals surface area contributed by atoms with Crippen LogP contribution in [0.25, 0.3) is 10.2 Å². The zero-order valence-corrected chi connectivity index (χ0v) is 16.2. The van der Waals surface area contributed by atoms with Gasteiger partial charge in [-0.15, -0.1) is 11.8 Å². The maximum Gasteiger partial charge on any atom is 0.231 e. The third-order valence-electron chi connectivity index (χ3n) is 4.47. The monoisotopic (exact) mass is 385 g/mol. The molecule has 1 aromatic heterocycles. The fourth-order valence-corrected chi connectivity index (χ4v) is 4.34. The second-order valence-electron chi connectivity index (χ2n) is 6.12. The molecule has 0 atom stereocenters. The Bertz CT molecular complexity index is 934. The van der Waals surface area contributed by atoms with Crippen molar-refractivity contribution in [3.8, 4) is 5.75 Å². The molecule has 2 heterocycles. The molecule has 1 amide bonds. The van der Waals surface area contributed by atoms with Gasteiger partial charge in [-0.3, -0.25) is 4.79 Å². The minimum Gasteiger partial charge on any atom is -0.494 e. The van der Waals surface area contributed by atoms with Crippen molar-refractivity contribution < 1.29 is 9.53 Å². The van der Waals surface area contributed by atoms with Gasteiger partial charge in [0.2, 0.25) is 5.91 Å². The molecule has 1 N–H and O–H groups in total. The fourth-order valence-electron chi connectivity index (χ4n) is 2.93. The summed E-state index contributed by atoms with van der Waals surface area (Å²) in [5.41, 5.74) is 1.73. The van der Waals surface area contributed by atoms with Gasteiger partial charge in [0.25, 0.3) is 0 Å². The van der Waals surface area contributed by atoms with E-state index in [0.29, 0.717) is 13.1 Å². The van der Waals surface area contributed by atoms with Gasteiger partial charge >= 0.3 is 0 Å². The number of rotatable bonds is 5. The smallest absolute Gasteiger partial charge is 0.231 e. The Balaban J connectivity index is 1.39. The highest BCUT2D eigenvalue weighted by Crippen LogP contribution is 2.36. The topological polar surface area (TPSA) is 54.5 Å². The molecule has 0 bridgehead atoms. The standard InChI is InChI=1S/C19H19N3O2S2/c1-24-15-4-3-5-16-17(15)21-19(26-16)22-10-12(11-22)18(23)20-13-6-8-14(25-2)9-7-13/h3-9,12H,10-11H2,1-2H3,(H,20,23). The Labute approximate surface area is 160 Å². The summed E-state index contributed by atoms with van der Waals surface area (Å²) in [6.07, 6.45) is 2.04. The number of para-hydroxylation sites is 1. The first-order valence-corrected chi connectivity index (χ1v) is 10.4. The summed E-state index contributed by atoms with van der Waals surface area (Å²) < 4.78 is 6.47. The van der Waals surface area contributed by atoms with Gasteiger partial charge < -0.3 is 15.0 Å². The van der Waals surface area contributed by atoms with E-state index in [1.165, 1.54) is 4.90 Å². The van der Waals surface area contributed by atoms with Crippen LogP contribution in [-0.4, -0.2) is 37.3 Å². The van der Waals surface area contributed by atoms with Crippen LogP contribution in [0.2, 0.25) is 0 Å². The number of carbonyl (C=O) groups excluding carboxylic acids is 1. The third-order valence-corrected chi connectivity index (χ3v) is 6.30. The number of thiazole rings is 1. The first kappa shape index (κ1) is 17.2. The number of nitrogens with one attached hydrogen (secondary N) is 1. The van der Waals surface area contributed by atoms with Gasteiger partial charge in [0.1, 0.15) is 11.3 Å². The maximum atomic E-state index is 12.4. The molecule has 1 aliphatic rings. The lowest BCUT2D eigenvalue weighted by Crippen LogP contribution is -2.52. The van der Waals surface area contributed by atoms with E-state index in [4.69, 9.17) is 4.74 Å². The Morgan fingerprint density at radius 3 is 2.73 bits per heavy atom. The second-order valence-corrected chi connectivity index (χ2v) is 8.01. The minimum atomic E-state index is -0.0101. The molecule has 1 saturated heterocycles. The number of amides is 1. The van der Waals surface area contributed by atoms with Crippen LogP contribution in [-0.2, 0) is 4.79 Å². The van der Waals surface area contributed by atoms with Crippen molar-refractivity contribution in [1.29, 1.82) is 0 Å². The summed E-state index contributed by atoms with van der Waals surface area (Å²) in [5.74, 6) is 0.842. The van der Waals surface area contributed by atoms with E-state index < -0.39 is 0 Å². The molecular weight excluding hydrogens is 366 g/mol. The molecule has 0 spiro atoms. The molecule has 0 unspecified atom stereocenters. The molecule has 2 aromatic carbocycles. The predicted octanol–water partition coefficient (Wildman–Crippen LogP) is 4.10. The van der Waals surface area contributed by atoms with Gasteiger partial charge in [-0.25, -0.2) is 4.98 Å². The Morgan fingerprint density at radius 2 is 2.04 bits per heavy atom. The van der Waals surface area contributed by atoms with Gasteiger partial charge in [0.05, 0.1) is 17.7 Å². The van der Waals surface area contributed by atoms with Crippen molar-refractivity contribution in [3.05, 3.63) is 42.5 Å². The lowest BCUT2D eigenvalue weighted by molar-refractivity contribution is -0.120. The lowest BCUT2D eigenvalue weighted by atomic mass is 10.00. The third kappa shape index (κ3) is 3.24. The maximum absolute atomic E-state index is 12.4. The van der Waals surface area contributed by atoms with Crippen molar-refractivity contribution in [1.82, 2.24) is 4.98 Å². The number of benzene rings is 2. The van der Waals surface area contributed by atoms with Crippen LogP contribution >= 0.6 is 23.1 Å². The Hall–Kier alpha value is -2.25. The number of hydrogen-bond acceptors (Lipinski definition) is 6. The summed E-state index contributed by atoms with van der Waals surface area (Å²) in [6.45, 7) is 1.38. The van der Waals surface area contributed by atoms with Crippen LogP contribution in [0.15, 0.2) is 47.4 Å². The van der Waals surface area contributed by atoms with Crippen LogP contribution in [0.3, 0.4) is 0 Å². The van der Waals surface area contributed by atoms with Crippen LogP contribution in [0.1, 0.15) is 0 Å². The second kappa shape index (κ2) is 7.17. The van der Waals surface area contributed by atoms with Gasteiger partial charge in [-0.1, -0.05) is 17.4 Å². The molecule has 5 nitrogen and oxygen atoms in total. The summed E-state index contributed by atoms with van der Waals surface area (Å²) in [4.78, 5) is 20.4. The van der Waals surface area contributed by atoms with Gasteiger partial charge in [0, 0.05) is 23.7 Å². The van der Waals surface area contributed by atoms with E-state index in [0.717, 1.165) is 26.8 Å². The number of anilines is 2. The first-order valence-electron chi connectivity index (χ1n) is 8.31. The number of thioether (sulfide) groups is 1. The molecule has 3 aromatic rings. The molecule has 0 saturated carbocycles. The van der Waals surface area contributed by atoms with Crippen LogP contribution in [0.5, 0.6) is 5.75 Å². The van der Waals surface area contributed by atoms with Gasteiger partial charge in [-0.2, -0.15) is 0 Å². The Morgan fingerprint density at radius 1 is 1.27 bits per heavy atom. The van der Waals surface area contributed by atoms with Crippen molar-refractivity contribution >= 4 is 50.0 Å².